The average molecular weight is 340 g/mol. The topological polar surface area (TPSA) is 32.6 Å². The van der Waals surface area contributed by atoms with Crippen molar-refractivity contribution in [2.24, 2.45) is 4.99 Å². The van der Waals surface area contributed by atoms with Gasteiger partial charge in [-0.1, -0.05) is 28.1 Å². The summed E-state index contributed by atoms with van der Waals surface area (Å²) in [5.74, 6) is 0.239. The number of nitrogens with zero attached hydrogens (tertiary/aromatic N) is 1. The minimum Gasteiger partial charge on any atom is -0.507 e. The molecule has 2 nitrogen and oxygen atoms in total. The molecular weight excluding hydrogens is 330 g/mol. The first-order chi connectivity index (χ1) is 7.75. The molecule has 0 unspecified atom stereocenters. The fourth-order valence-corrected chi connectivity index (χ4v) is 1.53. The molecule has 1 N–H and O–H groups in total. The Morgan fingerprint density at radius 3 is 2.29 bits per heavy atom. The molecule has 0 aliphatic rings. The zero-order valence-corrected chi connectivity index (χ0v) is 11.3. The van der Waals surface area contributed by atoms with E-state index in [0.29, 0.717) is 5.56 Å². The third kappa shape index (κ3) is 4.00. The summed E-state index contributed by atoms with van der Waals surface area (Å²) in [5.41, 5.74) is 1.57. The monoisotopic (exact) mass is 338 g/mol. The Balaban J connectivity index is 0.00000144. The summed E-state index contributed by atoms with van der Waals surface area (Å²) in [5, 5.41) is 9.53. The van der Waals surface area contributed by atoms with Crippen LogP contribution in [0, 0.1) is 0 Å². The van der Waals surface area contributed by atoms with E-state index in [2.05, 4.69) is 20.9 Å². The van der Waals surface area contributed by atoms with Crippen molar-refractivity contribution in [1.82, 2.24) is 0 Å². The van der Waals surface area contributed by atoms with Gasteiger partial charge in [-0.2, -0.15) is 0 Å². The molecule has 91 valence electrons. The molecule has 2 rings (SSSR count). The van der Waals surface area contributed by atoms with Crippen LogP contribution in [0.5, 0.6) is 5.75 Å². The van der Waals surface area contributed by atoms with Gasteiger partial charge in [0.05, 0.1) is 5.69 Å². The summed E-state index contributed by atoms with van der Waals surface area (Å²) in [6.45, 7) is 0. The Morgan fingerprint density at radius 2 is 1.65 bits per heavy atom. The Hall–Kier alpha value is -1.09. The first-order valence-corrected chi connectivity index (χ1v) is 5.62. The predicted octanol–water partition coefficient (Wildman–Crippen LogP) is 3.90. The van der Waals surface area contributed by atoms with E-state index in [-0.39, 0.29) is 22.8 Å². The van der Waals surface area contributed by atoms with E-state index in [0.717, 1.165) is 10.2 Å². The van der Waals surface area contributed by atoms with Crippen molar-refractivity contribution in [2.45, 2.75) is 0 Å². The van der Waals surface area contributed by atoms with E-state index < -0.39 is 0 Å². The van der Waals surface area contributed by atoms with Crippen molar-refractivity contribution < 1.29 is 22.2 Å². The maximum Gasteiger partial charge on any atom is 0.124 e. The number of phenolic OH excluding ortho intramolecular Hbond substituents is 1. The molecule has 1 radical (unpaired) electrons. The Labute approximate surface area is 119 Å². The van der Waals surface area contributed by atoms with Gasteiger partial charge in [-0.15, -0.1) is 0 Å². The van der Waals surface area contributed by atoms with Crippen LogP contribution in [0.4, 0.5) is 5.69 Å². The van der Waals surface area contributed by atoms with E-state index in [4.69, 9.17) is 0 Å². The van der Waals surface area contributed by atoms with E-state index >= 15 is 0 Å². The van der Waals surface area contributed by atoms with Gasteiger partial charge >= 0.3 is 0 Å². The fraction of sp³-hybridized carbons (Fsp3) is 0. The molecule has 0 aromatic heterocycles. The van der Waals surface area contributed by atoms with Gasteiger partial charge in [-0.25, -0.2) is 0 Å². The summed E-state index contributed by atoms with van der Waals surface area (Å²) >= 11 is 3.36. The fourth-order valence-electron chi connectivity index (χ4n) is 1.27. The molecule has 0 aliphatic carbocycles. The van der Waals surface area contributed by atoms with Crippen LogP contribution in [0.15, 0.2) is 58.0 Å². The number of hydrogen-bond donors (Lipinski definition) is 1. The van der Waals surface area contributed by atoms with Crippen LogP contribution in [0.25, 0.3) is 0 Å². The number of para-hydroxylation sites is 1. The third-order valence-electron chi connectivity index (χ3n) is 2.12. The van der Waals surface area contributed by atoms with Gasteiger partial charge in [-0.05, 0) is 36.4 Å². The minimum absolute atomic E-state index is 0. The van der Waals surface area contributed by atoms with Crippen LogP contribution >= 0.6 is 15.9 Å². The molecule has 0 saturated carbocycles. The van der Waals surface area contributed by atoms with Gasteiger partial charge in [0.15, 0.2) is 0 Å². The molecule has 2 aromatic rings. The number of aromatic hydroxyl groups is 1. The molecule has 0 heterocycles. The van der Waals surface area contributed by atoms with Crippen molar-refractivity contribution in [1.29, 1.82) is 0 Å². The van der Waals surface area contributed by atoms with E-state index in [1.807, 2.05) is 36.4 Å². The Morgan fingerprint density at radius 1 is 1.00 bits per heavy atom. The summed E-state index contributed by atoms with van der Waals surface area (Å²) < 4.78 is 1.02. The average Bonchev–Trinajstić information content (AvgIpc) is 2.30. The summed E-state index contributed by atoms with van der Waals surface area (Å²) in [4.78, 5) is 4.27. The maximum atomic E-state index is 9.53. The molecule has 0 atom stereocenters. The number of benzene rings is 2. The van der Waals surface area contributed by atoms with Gasteiger partial charge in [0.1, 0.15) is 5.75 Å². The summed E-state index contributed by atoms with van der Waals surface area (Å²) in [7, 11) is 0. The van der Waals surface area contributed by atoms with Crippen LogP contribution in [0.3, 0.4) is 0 Å². The second-order valence-corrected chi connectivity index (χ2v) is 4.21. The van der Waals surface area contributed by atoms with Crippen molar-refractivity contribution in [3.05, 3.63) is 58.6 Å². The molecule has 0 spiro atoms. The van der Waals surface area contributed by atoms with Crippen LogP contribution in [0.1, 0.15) is 5.56 Å². The number of aliphatic imine (C=N–C) groups is 1. The summed E-state index contributed by atoms with van der Waals surface area (Å²) in [6, 6.07) is 14.8. The molecule has 0 aliphatic heterocycles. The van der Waals surface area contributed by atoms with E-state index in [1.54, 1.807) is 18.3 Å². The van der Waals surface area contributed by atoms with Gasteiger partial charge in [-0.3, -0.25) is 4.99 Å². The van der Waals surface area contributed by atoms with Crippen molar-refractivity contribution in [2.75, 3.05) is 0 Å². The molecule has 0 bridgehead atoms. The van der Waals surface area contributed by atoms with Crippen LogP contribution in [0.2, 0.25) is 0 Å². The molecule has 2 aromatic carbocycles. The standard InChI is InChI=1S/C13H10BrNO.Cu/c14-11-5-7-12(8-6-11)15-9-10-3-1-2-4-13(10)16;/h1-9,16H;. The number of phenols is 1. The molecule has 0 saturated heterocycles. The number of rotatable bonds is 2. The second-order valence-electron chi connectivity index (χ2n) is 3.29. The first kappa shape index (κ1) is 14.0. The van der Waals surface area contributed by atoms with E-state index in [9.17, 15) is 5.11 Å². The zero-order chi connectivity index (χ0) is 11.4. The summed E-state index contributed by atoms with van der Waals surface area (Å²) in [6.07, 6.45) is 1.65. The SMILES string of the molecule is Oc1ccccc1C=Nc1ccc(Br)cc1.[Cu]. The van der Waals surface area contributed by atoms with Crippen LogP contribution in [-0.4, -0.2) is 11.3 Å². The molecular formula is C13H10BrCuNO. The van der Waals surface area contributed by atoms with Gasteiger partial charge in [0.25, 0.3) is 0 Å². The van der Waals surface area contributed by atoms with Gasteiger partial charge in [0.2, 0.25) is 0 Å². The van der Waals surface area contributed by atoms with Gasteiger partial charge in [0, 0.05) is 33.3 Å². The largest absolute Gasteiger partial charge is 0.507 e. The molecule has 0 fully saturated rings. The Bertz CT molecular complexity index is 511. The molecule has 0 amide bonds. The van der Waals surface area contributed by atoms with Crippen molar-refractivity contribution in [3.8, 4) is 5.75 Å². The smallest absolute Gasteiger partial charge is 0.124 e. The number of hydrogen-bond acceptors (Lipinski definition) is 2. The van der Waals surface area contributed by atoms with E-state index in [1.165, 1.54) is 0 Å². The van der Waals surface area contributed by atoms with Crippen LogP contribution in [-0.2, 0) is 17.1 Å². The van der Waals surface area contributed by atoms with Crippen LogP contribution < -0.4 is 0 Å². The molecule has 17 heavy (non-hydrogen) atoms. The zero-order valence-electron chi connectivity index (χ0n) is 8.77. The number of halogens is 1. The maximum absolute atomic E-state index is 9.53. The predicted molar refractivity (Wildman–Crippen MR) is 69.5 cm³/mol. The molecule has 4 heteroatoms. The van der Waals surface area contributed by atoms with Crippen molar-refractivity contribution in [3.63, 3.8) is 0 Å². The second kappa shape index (κ2) is 6.60. The normalized spacial score (nSPS) is 10.2. The minimum atomic E-state index is 0. The van der Waals surface area contributed by atoms with Crippen molar-refractivity contribution >= 4 is 27.8 Å². The third-order valence-corrected chi connectivity index (χ3v) is 2.64. The quantitative estimate of drug-likeness (QED) is 0.653. The first-order valence-electron chi connectivity index (χ1n) is 4.83. The van der Waals surface area contributed by atoms with Gasteiger partial charge < -0.3 is 5.11 Å². The Kier molecular flexibility index (Phi) is 5.42.